The second-order valence-corrected chi connectivity index (χ2v) is 7.12. The fourth-order valence-corrected chi connectivity index (χ4v) is 3.95. The van der Waals surface area contributed by atoms with Gasteiger partial charge in [-0.15, -0.1) is 12.4 Å². The van der Waals surface area contributed by atoms with Crippen molar-refractivity contribution in [3.05, 3.63) is 66.9 Å². The highest BCUT2D eigenvalue weighted by Crippen LogP contribution is 2.30. The van der Waals surface area contributed by atoms with Gasteiger partial charge in [0.25, 0.3) is 0 Å². The summed E-state index contributed by atoms with van der Waals surface area (Å²) in [6.45, 7) is 5.63. The lowest BCUT2D eigenvalue weighted by atomic mass is 9.99. The van der Waals surface area contributed by atoms with Crippen LogP contribution >= 0.6 is 12.4 Å². The first-order valence-electron chi connectivity index (χ1n) is 9.62. The number of fused-ring (bicyclic) bond motifs is 2. The molecule has 1 fully saturated rings. The summed E-state index contributed by atoms with van der Waals surface area (Å²) in [5, 5.41) is 8.45. The van der Waals surface area contributed by atoms with Gasteiger partial charge in [0.05, 0.1) is 31.5 Å². The molecule has 5 rings (SSSR count). The first-order chi connectivity index (χ1) is 13.4. The second-order valence-electron chi connectivity index (χ2n) is 7.12. The third-order valence-electron chi connectivity index (χ3n) is 5.48. The van der Waals surface area contributed by atoms with Crippen LogP contribution < -0.4 is 0 Å². The SMILES string of the molecule is Cl.c1ccc2cc(-c3cccc4c3cnn4CCN3CCOCC3)ccc2c1. The Morgan fingerprint density at radius 2 is 1.68 bits per heavy atom. The van der Waals surface area contributed by atoms with Gasteiger partial charge in [-0.1, -0.05) is 48.5 Å². The average Bonchev–Trinajstić information content (AvgIpc) is 3.16. The average molecular weight is 394 g/mol. The molecule has 0 spiro atoms. The molecule has 144 valence electrons. The van der Waals surface area contributed by atoms with E-state index in [1.807, 2.05) is 6.20 Å². The van der Waals surface area contributed by atoms with E-state index in [0.717, 1.165) is 39.4 Å². The van der Waals surface area contributed by atoms with E-state index < -0.39 is 0 Å². The molecule has 4 aromatic rings. The molecule has 3 aromatic carbocycles. The third-order valence-corrected chi connectivity index (χ3v) is 5.48. The molecule has 0 saturated carbocycles. The van der Waals surface area contributed by atoms with Crippen molar-refractivity contribution >= 4 is 34.1 Å². The van der Waals surface area contributed by atoms with Crippen LogP contribution in [0.2, 0.25) is 0 Å². The van der Waals surface area contributed by atoms with Crippen LogP contribution in [0.4, 0.5) is 0 Å². The Hall–Kier alpha value is -2.40. The predicted octanol–water partition coefficient (Wildman–Crippen LogP) is 4.61. The molecule has 0 N–H and O–H groups in total. The van der Waals surface area contributed by atoms with Crippen LogP contribution in [0.1, 0.15) is 0 Å². The standard InChI is InChI=1S/C23H23N3O.ClH/c1-2-5-19-16-20(9-8-18(19)4-1)21-6-3-7-23-22(21)17-24-26(23)11-10-25-12-14-27-15-13-25;/h1-9,16-17H,10-15H2;1H. The van der Waals surface area contributed by atoms with Crippen LogP contribution in [0.25, 0.3) is 32.8 Å². The molecule has 0 atom stereocenters. The van der Waals surface area contributed by atoms with Crippen LogP contribution in [0.3, 0.4) is 0 Å². The van der Waals surface area contributed by atoms with Gasteiger partial charge in [0.1, 0.15) is 0 Å². The molecule has 0 bridgehead atoms. The van der Waals surface area contributed by atoms with Crippen molar-refractivity contribution in [3.63, 3.8) is 0 Å². The summed E-state index contributed by atoms with van der Waals surface area (Å²) < 4.78 is 7.57. The quantitative estimate of drug-likeness (QED) is 0.507. The summed E-state index contributed by atoms with van der Waals surface area (Å²) in [5.74, 6) is 0. The number of ether oxygens (including phenoxy) is 1. The van der Waals surface area contributed by atoms with Crippen LogP contribution in [-0.4, -0.2) is 47.5 Å². The van der Waals surface area contributed by atoms with Gasteiger partial charge in [0.2, 0.25) is 0 Å². The summed E-state index contributed by atoms with van der Waals surface area (Å²) in [5.41, 5.74) is 3.69. The topological polar surface area (TPSA) is 30.3 Å². The maximum Gasteiger partial charge on any atom is 0.0689 e. The van der Waals surface area contributed by atoms with Crippen molar-refractivity contribution in [3.8, 4) is 11.1 Å². The lowest BCUT2D eigenvalue weighted by Gasteiger charge is -2.26. The molecule has 4 nitrogen and oxygen atoms in total. The molecule has 28 heavy (non-hydrogen) atoms. The number of morpholine rings is 1. The number of halogens is 1. The van der Waals surface area contributed by atoms with Crippen molar-refractivity contribution in [2.75, 3.05) is 32.8 Å². The summed E-state index contributed by atoms with van der Waals surface area (Å²) >= 11 is 0. The highest BCUT2D eigenvalue weighted by atomic mass is 35.5. The highest BCUT2D eigenvalue weighted by molar-refractivity contribution is 5.97. The van der Waals surface area contributed by atoms with Gasteiger partial charge in [-0.3, -0.25) is 9.58 Å². The molecule has 1 saturated heterocycles. The Morgan fingerprint density at radius 3 is 2.54 bits per heavy atom. The first kappa shape index (κ1) is 18.9. The minimum Gasteiger partial charge on any atom is -0.379 e. The monoisotopic (exact) mass is 393 g/mol. The van der Waals surface area contributed by atoms with Gasteiger partial charge in [0.15, 0.2) is 0 Å². The van der Waals surface area contributed by atoms with E-state index in [1.54, 1.807) is 0 Å². The molecule has 1 aliphatic heterocycles. The molecular weight excluding hydrogens is 370 g/mol. The van der Waals surface area contributed by atoms with Gasteiger partial charge < -0.3 is 4.74 Å². The predicted molar refractivity (Wildman–Crippen MR) is 117 cm³/mol. The van der Waals surface area contributed by atoms with E-state index in [2.05, 4.69) is 75.3 Å². The largest absolute Gasteiger partial charge is 0.379 e. The van der Waals surface area contributed by atoms with Gasteiger partial charge >= 0.3 is 0 Å². The van der Waals surface area contributed by atoms with Crippen molar-refractivity contribution in [1.29, 1.82) is 0 Å². The Bertz CT molecular complexity index is 1090. The Kier molecular flexibility index (Phi) is 5.62. The van der Waals surface area contributed by atoms with Gasteiger partial charge in [-0.25, -0.2) is 0 Å². The number of hydrogen-bond donors (Lipinski definition) is 0. The molecule has 5 heteroatoms. The van der Waals surface area contributed by atoms with E-state index in [9.17, 15) is 0 Å². The molecular formula is C23H24ClN3O. The number of nitrogens with zero attached hydrogens (tertiary/aromatic N) is 3. The van der Waals surface area contributed by atoms with Crippen LogP contribution in [0.15, 0.2) is 66.9 Å². The van der Waals surface area contributed by atoms with Crippen LogP contribution in [0.5, 0.6) is 0 Å². The van der Waals surface area contributed by atoms with E-state index in [4.69, 9.17) is 4.74 Å². The second kappa shape index (κ2) is 8.31. The van der Waals surface area contributed by atoms with Gasteiger partial charge in [0, 0.05) is 25.0 Å². The maximum absolute atomic E-state index is 5.44. The lowest BCUT2D eigenvalue weighted by molar-refractivity contribution is 0.0361. The fraction of sp³-hybridized carbons (Fsp3) is 0.261. The highest BCUT2D eigenvalue weighted by Gasteiger charge is 2.12. The Morgan fingerprint density at radius 1 is 0.857 bits per heavy atom. The van der Waals surface area contributed by atoms with Gasteiger partial charge in [-0.2, -0.15) is 5.10 Å². The zero-order valence-corrected chi connectivity index (χ0v) is 16.6. The minimum atomic E-state index is 0. The van der Waals surface area contributed by atoms with E-state index >= 15 is 0 Å². The maximum atomic E-state index is 5.44. The third kappa shape index (κ3) is 3.63. The molecule has 1 aliphatic rings. The van der Waals surface area contributed by atoms with Crippen LogP contribution in [0, 0.1) is 0 Å². The molecule has 0 unspecified atom stereocenters. The number of benzene rings is 3. The molecule has 0 radical (unpaired) electrons. The summed E-state index contributed by atoms with van der Waals surface area (Å²) in [4.78, 5) is 2.45. The molecule has 0 amide bonds. The number of aromatic nitrogens is 2. The molecule has 1 aromatic heterocycles. The first-order valence-corrected chi connectivity index (χ1v) is 9.62. The van der Waals surface area contributed by atoms with Crippen molar-refractivity contribution in [2.45, 2.75) is 6.54 Å². The van der Waals surface area contributed by atoms with E-state index in [1.165, 1.54) is 32.8 Å². The summed E-state index contributed by atoms with van der Waals surface area (Å²) in [6, 6.07) is 21.7. The molecule has 0 aliphatic carbocycles. The summed E-state index contributed by atoms with van der Waals surface area (Å²) in [6.07, 6.45) is 2.01. The smallest absolute Gasteiger partial charge is 0.0689 e. The van der Waals surface area contributed by atoms with E-state index in [0.29, 0.717) is 0 Å². The lowest BCUT2D eigenvalue weighted by Crippen LogP contribution is -2.38. The van der Waals surface area contributed by atoms with Gasteiger partial charge in [-0.05, 0) is 34.0 Å². The minimum absolute atomic E-state index is 0. The van der Waals surface area contributed by atoms with Crippen LogP contribution in [-0.2, 0) is 11.3 Å². The normalized spacial score (nSPS) is 15.0. The zero-order valence-electron chi connectivity index (χ0n) is 15.8. The number of hydrogen-bond acceptors (Lipinski definition) is 3. The number of rotatable bonds is 4. The van der Waals surface area contributed by atoms with Crippen molar-refractivity contribution < 1.29 is 4.74 Å². The Labute approximate surface area is 171 Å². The van der Waals surface area contributed by atoms with E-state index in [-0.39, 0.29) is 12.4 Å². The zero-order chi connectivity index (χ0) is 18.1. The summed E-state index contributed by atoms with van der Waals surface area (Å²) in [7, 11) is 0. The molecule has 2 heterocycles. The van der Waals surface area contributed by atoms with Crippen molar-refractivity contribution in [1.82, 2.24) is 14.7 Å². The Balaban J connectivity index is 0.00000192. The fourth-order valence-electron chi connectivity index (χ4n) is 3.95. The van der Waals surface area contributed by atoms with Crippen molar-refractivity contribution in [2.24, 2.45) is 0 Å².